The second-order valence-electron chi connectivity index (χ2n) is 4.64. The standard InChI is InChI=1S/C11H20N2O5/c1-18-5-4-11(2-3-11)7-12-10(17)13-8(6-14)9(15)16/h8,14H,2-7H2,1H3,(H,15,16)(H2,12,13,17). The highest BCUT2D eigenvalue weighted by atomic mass is 16.5. The molecule has 1 unspecified atom stereocenters. The number of hydrogen-bond acceptors (Lipinski definition) is 4. The van der Waals surface area contributed by atoms with E-state index >= 15 is 0 Å². The van der Waals surface area contributed by atoms with E-state index < -0.39 is 24.6 Å². The Balaban J connectivity index is 2.26. The highest BCUT2D eigenvalue weighted by Crippen LogP contribution is 2.48. The molecule has 0 spiro atoms. The van der Waals surface area contributed by atoms with Crippen LogP contribution in [-0.4, -0.2) is 55.1 Å². The van der Waals surface area contributed by atoms with Crippen molar-refractivity contribution >= 4 is 12.0 Å². The number of aliphatic hydroxyl groups is 1. The highest BCUT2D eigenvalue weighted by molar-refractivity contribution is 5.82. The average molecular weight is 260 g/mol. The number of amides is 2. The minimum atomic E-state index is -1.26. The Labute approximate surface area is 106 Å². The van der Waals surface area contributed by atoms with Gasteiger partial charge in [-0.3, -0.25) is 0 Å². The number of carbonyl (C=O) groups excluding carboxylic acids is 1. The van der Waals surface area contributed by atoms with Gasteiger partial charge >= 0.3 is 12.0 Å². The van der Waals surface area contributed by atoms with Crippen molar-refractivity contribution in [1.82, 2.24) is 10.6 Å². The summed E-state index contributed by atoms with van der Waals surface area (Å²) in [5.74, 6) is -1.26. The summed E-state index contributed by atoms with van der Waals surface area (Å²) in [6.07, 6.45) is 2.96. The summed E-state index contributed by atoms with van der Waals surface area (Å²) in [5.41, 5.74) is 0.102. The first-order valence-corrected chi connectivity index (χ1v) is 5.90. The predicted octanol–water partition coefficient (Wildman–Crippen LogP) is -0.452. The Morgan fingerprint density at radius 3 is 2.56 bits per heavy atom. The first-order chi connectivity index (χ1) is 8.53. The number of carboxylic acid groups (broad SMARTS) is 1. The monoisotopic (exact) mass is 260 g/mol. The molecular formula is C11H20N2O5. The lowest BCUT2D eigenvalue weighted by molar-refractivity contribution is -0.140. The molecule has 0 heterocycles. The summed E-state index contributed by atoms with van der Waals surface area (Å²) in [4.78, 5) is 22.0. The van der Waals surface area contributed by atoms with Crippen LogP contribution in [-0.2, 0) is 9.53 Å². The van der Waals surface area contributed by atoms with E-state index in [9.17, 15) is 9.59 Å². The molecule has 1 atom stereocenters. The topological polar surface area (TPSA) is 108 Å². The first kappa shape index (κ1) is 14.7. The zero-order valence-corrected chi connectivity index (χ0v) is 10.4. The van der Waals surface area contributed by atoms with E-state index in [1.54, 1.807) is 7.11 Å². The van der Waals surface area contributed by atoms with Crippen LogP contribution in [0.5, 0.6) is 0 Å². The van der Waals surface area contributed by atoms with E-state index in [0.717, 1.165) is 19.3 Å². The van der Waals surface area contributed by atoms with Crippen LogP contribution in [0.1, 0.15) is 19.3 Å². The number of methoxy groups -OCH3 is 1. The van der Waals surface area contributed by atoms with Crippen LogP contribution in [0.2, 0.25) is 0 Å². The van der Waals surface area contributed by atoms with Crippen LogP contribution in [0.15, 0.2) is 0 Å². The third kappa shape index (κ3) is 4.50. The van der Waals surface area contributed by atoms with Gasteiger partial charge in [0.15, 0.2) is 6.04 Å². The third-order valence-electron chi connectivity index (χ3n) is 3.20. The normalized spacial score (nSPS) is 17.9. The molecule has 0 saturated heterocycles. The molecule has 0 aromatic heterocycles. The van der Waals surface area contributed by atoms with Crippen LogP contribution in [0.3, 0.4) is 0 Å². The average Bonchev–Trinajstić information content (AvgIpc) is 3.11. The van der Waals surface area contributed by atoms with Gasteiger partial charge in [0, 0.05) is 20.3 Å². The first-order valence-electron chi connectivity index (χ1n) is 5.90. The van der Waals surface area contributed by atoms with Crippen molar-refractivity contribution in [2.24, 2.45) is 5.41 Å². The van der Waals surface area contributed by atoms with Crippen molar-refractivity contribution in [3.05, 3.63) is 0 Å². The third-order valence-corrected chi connectivity index (χ3v) is 3.20. The van der Waals surface area contributed by atoms with Gasteiger partial charge in [0.1, 0.15) is 0 Å². The van der Waals surface area contributed by atoms with E-state index in [1.165, 1.54) is 0 Å². The fourth-order valence-corrected chi connectivity index (χ4v) is 1.67. The fraction of sp³-hybridized carbons (Fsp3) is 0.818. The van der Waals surface area contributed by atoms with Crippen molar-refractivity contribution in [3.63, 3.8) is 0 Å². The maximum atomic E-state index is 11.4. The Morgan fingerprint density at radius 1 is 1.44 bits per heavy atom. The highest BCUT2D eigenvalue weighted by Gasteiger charge is 2.42. The molecule has 1 rings (SSSR count). The summed E-state index contributed by atoms with van der Waals surface area (Å²) < 4.78 is 5.00. The van der Waals surface area contributed by atoms with Gasteiger partial charge in [-0.15, -0.1) is 0 Å². The van der Waals surface area contributed by atoms with Crippen LogP contribution in [0, 0.1) is 5.41 Å². The van der Waals surface area contributed by atoms with Crippen LogP contribution < -0.4 is 10.6 Å². The molecule has 1 aliphatic carbocycles. The second kappa shape index (κ2) is 6.55. The van der Waals surface area contributed by atoms with E-state index in [1.807, 2.05) is 0 Å². The Morgan fingerprint density at radius 2 is 2.11 bits per heavy atom. The molecule has 0 aromatic carbocycles. The molecule has 4 N–H and O–H groups in total. The van der Waals surface area contributed by atoms with E-state index in [-0.39, 0.29) is 5.41 Å². The van der Waals surface area contributed by atoms with Crippen molar-refractivity contribution in [1.29, 1.82) is 0 Å². The Hall–Kier alpha value is -1.34. The Bertz CT molecular complexity index is 304. The molecular weight excluding hydrogens is 240 g/mol. The molecule has 7 nitrogen and oxygen atoms in total. The molecule has 1 fully saturated rings. The van der Waals surface area contributed by atoms with Gasteiger partial charge < -0.3 is 25.6 Å². The summed E-state index contributed by atoms with van der Waals surface area (Å²) in [5, 5.41) is 22.2. The quantitative estimate of drug-likeness (QED) is 0.472. The maximum Gasteiger partial charge on any atom is 0.328 e. The molecule has 1 saturated carbocycles. The van der Waals surface area contributed by atoms with Crippen LogP contribution in [0.4, 0.5) is 4.79 Å². The minimum Gasteiger partial charge on any atom is -0.480 e. The number of nitrogens with one attached hydrogen (secondary N) is 2. The van der Waals surface area contributed by atoms with E-state index in [0.29, 0.717) is 13.2 Å². The lowest BCUT2D eigenvalue weighted by atomic mass is 10.0. The fourth-order valence-electron chi connectivity index (χ4n) is 1.67. The van der Waals surface area contributed by atoms with Gasteiger partial charge in [-0.2, -0.15) is 0 Å². The number of urea groups is 1. The van der Waals surface area contributed by atoms with E-state index in [4.69, 9.17) is 14.9 Å². The smallest absolute Gasteiger partial charge is 0.328 e. The van der Waals surface area contributed by atoms with Gasteiger partial charge in [-0.05, 0) is 24.7 Å². The van der Waals surface area contributed by atoms with Crippen molar-refractivity contribution in [2.75, 3.05) is 26.9 Å². The van der Waals surface area contributed by atoms with Gasteiger partial charge in [-0.25, -0.2) is 9.59 Å². The molecule has 1 aliphatic rings. The zero-order chi connectivity index (χ0) is 13.6. The number of rotatable bonds is 8. The van der Waals surface area contributed by atoms with E-state index in [2.05, 4.69) is 10.6 Å². The summed E-state index contributed by atoms with van der Waals surface area (Å²) in [6.45, 7) is 0.523. The number of aliphatic carboxylic acids is 1. The number of hydrogen-bond donors (Lipinski definition) is 4. The lowest BCUT2D eigenvalue weighted by Crippen LogP contribution is -2.49. The zero-order valence-electron chi connectivity index (χ0n) is 10.4. The van der Waals surface area contributed by atoms with Crippen molar-refractivity contribution < 1.29 is 24.5 Å². The molecule has 0 aromatic rings. The molecule has 0 aliphatic heterocycles. The molecule has 0 bridgehead atoms. The second-order valence-corrected chi connectivity index (χ2v) is 4.64. The molecule has 7 heteroatoms. The molecule has 0 radical (unpaired) electrons. The summed E-state index contributed by atoms with van der Waals surface area (Å²) in [6, 6.07) is -1.83. The van der Waals surface area contributed by atoms with Gasteiger partial charge in [0.05, 0.1) is 6.61 Å². The molecule has 2 amide bonds. The predicted molar refractivity (Wildman–Crippen MR) is 63.2 cm³/mol. The van der Waals surface area contributed by atoms with Crippen molar-refractivity contribution in [2.45, 2.75) is 25.3 Å². The molecule has 18 heavy (non-hydrogen) atoms. The lowest BCUT2D eigenvalue weighted by Gasteiger charge is -2.17. The number of carboxylic acids is 1. The van der Waals surface area contributed by atoms with Crippen LogP contribution >= 0.6 is 0 Å². The largest absolute Gasteiger partial charge is 0.480 e. The van der Waals surface area contributed by atoms with Crippen LogP contribution in [0.25, 0.3) is 0 Å². The Kier molecular flexibility index (Phi) is 5.36. The van der Waals surface area contributed by atoms with Crippen molar-refractivity contribution in [3.8, 4) is 0 Å². The number of aliphatic hydroxyl groups excluding tert-OH is 1. The summed E-state index contributed by atoms with van der Waals surface area (Å²) >= 11 is 0. The van der Waals surface area contributed by atoms with Gasteiger partial charge in [-0.1, -0.05) is 0 Å². The molecule has 104 valence electrons. The maximum absolute atomic E-state index is 11.4. The number of carbonyl (C=O) groups is 2. The van der Waals surface area contributed by atoms with Gasteiger partial charge in [0.25, 0.3) is 0 Å². The number of ether oxygens (including phenoxy) is 1. The minimum absolute atomic E-state index is 0.102. The summed E-state index contributed by atoms with van der Waals surface area (Å²) in [7, 11) is 1.63. The van der Waals surface area contributed by atoms with Gasteiger partial charge in [0.2, 0.25) is 0 Å². The SMILES string of the molecule is COCCC1(CNC(=O)NC(CO)C(=O)O)CC1.